The Labute approximate surface area is 109 Å². The standard InChI is InChI=1S/C13H13NO3S/c14-10(8-12(15)16)11-6-7-13(17-11)18-9-4-2-1-3-5-9/h1-7,10H,8,14H2,(H,15,16)/t10-/m1/s1. The highest BCUT2D eigenvalue weighted by Gasteiger charge is 2.14. The number of carboxylic acids is 1. The van der Waals surface area contributed by atoms with E-state index in [0.29, 0.717) is 10.9 Å². The number of nitrogens with two attached hydrogens (primary N) is 1. The second kappa shape index (κ2) is 5.75. The van der Waals surface area contributed by atoms with Gasteiger partial charge >= 0.3 is 5.97 Å². The molecular weight excluding hydrogens is 250 g/mol. The Kier molecular flexibility index (Phi) is 4.07. The number of benzene rings is 1. The zero-order chi connectivity index (χ0) is 13.0. The minimum absolute atomic E-state index is 0.136. The van der Waals surface area contributed by atoms with Gasteiger partial charge in [0.1, 0.15) is 5.76 Å². The SMILES string of the molecule is N[C@H](CC(=O)O)c1ccc(Sc2ccccc2)o1. The van der Waals surface area contributed by atoms with Crippen molar-refractivity contribution in [2.75, 3.05) is 0 Å². The zero-order valence-corrected chi connectivity index (χ0v) is 10.4. The molecule has 0 fully saturated rings. The van der Waals surface area contributed by atoms with E-state index in [1.165, 1.54) is 11.8 Å². The number of furan rings is 1. The molecule has 0 radical (unpaired) electrons. The van der Waals surface area contributed by atoms with Crippen molar-refractivity contribution in [3.05, 3.63) is 48.2 Å². The second-order valence-electron chi connectivity index (χ2n) is 3.78. The number of carbonyl (C=O) groups is 1. The molecule has 0 aliphatic carbocycles. The maximum absolute atomic E-state index is 10.6. The molecule has 3 N–H and O–H groups in total. The molecule has 0 saturated carbocycles. The van der Waals surface area contributed by atoms with Crippen LogP contribution in [0.1, 0.15) is 18.2 Å². The summed E-state index contributed by atoms with van der Waals surface area (Å²) in [5.41, 5.74) is 5.72. The monoisotopic (exact) mass is 263 g/mol. The fourth-order valence-electron chi connectivity index (χ4n) is 1.48. The van der Waals surface area contributed by atoms with Crippen LogP contribution in [0.3, 0.4) is 0 Å². The normalized spacial score (nSPS) is 12.3. The molecule has 0 unspecified atom stereocenters. The number of aliphatic carboxylic acids is 1. The molecular formula is C13H13NO3S. The Balaban J connectivity index is 2.04. The summed E-state index contributed by atoms with van der Waals surface area (Å²) in [5, 5.41) is 9.37. The van der Waals surface area contributed by atoms with E-state index in [1.807, 2.05) is 30.3 Å². The van der Waals surface area contributed by atoms with E-state index in [2.05, 4.69) is 0 Å². The van der Waals surface area contributed by atoms with E-state index in [1.54, 1.807) is 12.1 Å². The molecule has 5 heteroatoms. The van der Waals surface area contributed by atoms with E-state index in [9.17, 15) is 4.79 Å². The number of rotatable bonds is 5. The summed E-state index contributed by atoms with van der Waals surface area (Å²) in [6.07, 6.45) is -0.136. The van der Waals surface area contributed by atoms with Crippen molar-refractivity contribution in [3.8, 4) is 0 Å². The quantitative estimate of drug-likeness (QED) is 0.867. The van der Waals surface area contributed by atoms with Crippen LogP contribution < -0.4 is 5.73 Å². The largest absolute Gasteiger partial charge is 0.481 e. The van der Waals surface area contributed by atoms with Gasteiger partial charge < -0.3 is 15.3 Å². The number of hydrogen-bond acceptors (Lipinski definition) is 4. The van der Waals surface area contributed by atoms with Gasteiger partial charge in [0, 0.05) is 4.90 Å². The molecule has 1 atom stereocenters. The maximum atomic E-state index is 10.6. The van der Waals surface area contributed by atoms with Gasteiger partial charge in [0.2, 0.25) is 0 Å². The molecule has 0 aliphatic rings. The molecule has 0 saturated heterocycles. The summed E-state index contributed by atoms with van der Waals surface area (Å²) in [7, 11) is 0. The van der Waals surface area contributed by atoms with Gasteiger partial charge in [-0.3, -0.25) is 4.79 Å². The van der Waals surface area contributed by atoms with E-state index in [0.717, 1.165) is 4.90 Å². The molecule has 4 nitrogen and oxygen atoms in total. The highest BCUT2D eigenvalue weighted by Crippen LogP contribution is 2.30. The Morgan fingerprint density at radius 1 is 1.28 bits per heavy atom. The van der Waals surface area contributed by atoms with Gasteiger partial charge in [-0.2, -0.15) is 0 Å². The van der Waals surface area contributed by atoms with Crippen LogP contribution >= 0.6 is 11.8 Å². The summed E-state index contributed by atoms with van der Waals surface area (Å²) in [6.45, 7) is 0. The lowest BCUT2D eigenvalue weighted by Crippen LogP contribution is -2.14. The first-order chi connectivity index (χ1) is 8.65. The Hall–Kier alpha value is -1.72. The third-order valence-corrected chi connectivity index (χ3v) is 3.25. The first-order valence-corrected chi connectivity index (χ1v) is 6.27. The average Bonchev–Trinajstić information content (AvgIpc) is 2.78. The van der Waals surface area contributed by atoms with Crippen LogP contribution in [0.15, 0.2) is 56.9 Å². The number of carboxylic acid groups (broad SMARTS) is 1. The molecule has 1 aromatic carbocycles. The first kappa shape index (κ1) is 12.7. The molecule has 1 heterocycles. The lowest BCUT2D eigenvalue weighted by atomic mass is 10.2. The van der Waals surface area contributed by atoms with Crippen LogP contribution in [0, 0.1) is 0 Å². The third kappa shape index (κ3) is 3.38. The smallest absolute Gasteiger partial charge is 0.305 e. The van der Waals surface area contributed by atoms with Crippen molar-refractivity contribution in [1.82, 2.24) is 0 Å². The van der Waals surface area contributed by atoms with Crippen molar-refractivity contribution in [3.63, 3.8) is 0 Å². The van der Waals surface area contributed by atoms with Crippen molar-refractivity contribution in [2.45, 2.75) is 22.5 Å². The Morgan fingerprint density at radius 2 is 2.00 bits per heavy atom. The van der Waals surface area contributed by atoms with Crippen molar-refractivity contribution in [2.24, 2.45) is 5.73 Å². The van der Waals surface area contributed by atoms with Gasteiger partial charge in [0.25, 0.3) is 0 Å². The first-order valence-electron chi connectivity index (χ1n) is 5.45. The topological polar surface area (TPSA) is 76.5 Å². The Morgan fingerprint density at radius 3 is 2.67 bits per heavy atom. The summed E-state index contributed by atoms with van der Waals surface area (Å²) < 4.78 is 5.52. The molecule has 2 rings (SSSR count). The predicted octanol–water partition coefficient (Wildman–Crippen LogP) is 2.91. The van der Waals surface area contributed by atoms with E-state index in [4.69, 9.17) is 15.3 Å². The van der Waals surface area contributed by atoms with Gasteiger partial charge in [-0.05, 0) is 24.3 Å². The van der Waals surface area contributed by atoms with Gasteiger partial charge in [-0.15, -0.1) is 0 Å². The van der Waals surface area contributed by atoms with Gasteiger partial charge in [0.05, 0.1) is 12.5 Å². The van der Waals surface area contributed by atoms with Crippen molar-refractivity contribution in [1.29, 1.82) is 0 Å². The van der Waals surface area contributed by atoms with E-state index < -0.39 is 12.0 Å². The maximum Gasteiger partial charge on any atom is 0.305 e. The third-order valence-electron chi connectivity index (χ3n) is 2.32. The van der Waals surface area contributed by atoms with Gasteiger partial charge in [0.15, 0.2) is 5.09 Å². The van der Waals surface area contributed by atoms with Crippen LogP contribution in [-0.2, 0) is 4.79 Å². The molecule has 2 aromatic rings. The molecule has 18 heavy (non-hydrogen) atoms. The molecule has 0 spiro atoms. The lowest BCUT2D eigenvalue weighted by molar-refractivity contribution is -0.137. The van der Waals surface area contributed by atoms with Crippen LogP contribution in [0.25, 0.3) is 0 Å². The van der Waals surface area contributed by atoms with Gasteiger partial charge in [-0.25, -0.2) is 0 Å². The fraction of sp³-hybridized carbons (Fsp3) is 0.154. The van der Waals surface area contributed by atoms with Crippen LogP contribution in [0.2, 0.25) is 0 Å². The number of hydrogen-bond donors (Lipinski definition) is 2. The van der Waals surface area contributed by atoms with Crippen LogP contribution in [-0.4, -0.2) is 11.1 Å². The highest BCUT2D eigenvalue weighted by atomic mass is 32.2. The van der Waals surface area contributed by atoms with E-state index in [-0.39, 0.29) is 6.42 Å². The zero-order valence-electron chi connectivity index (χ0n) is 9.58. The molecule has 0 aliphatic heterocycles. The van der Waals surface area contributed by atoms with Crippen molar-refractivity contribution < 1.29 is 14.3 Å². The summed E-state index contributed by atoms with van der Waals surface area (Å²) >= 11 is 1.48. The lowest BCUT2D eigenvalue weighted by Gasteiger charge is -2.04. The summed E-state index contributed by atoms with van der Waals surface area (Å²) in [5.74, 6) is -0.438. The Bertz CT molecular complexity index is 524. The average molecular weight is 263 g/mol. The fourth-order valence-corrected chi connectivity index (χ4v) is 2.28. The second-order valence-corrected chi connectivity index (χ2v) is 4.85. The predicted molar refractivity (Wildman–Crippen MR) is 68.5 cm³/mol. The van der Waals surface area contributed by atoms with E-state index >= 15 is 0 Å². The molecule has 0 amide bonds. The molecule has 94 valence electrons. The molecule has 0 bridgehead atoms. The van der Waals surface area contributed by atoms with Crippen molar-refractivity contribution >= 4 is 17.7 Å². The minimum Gasteiger partial charge on any atom is -0.481 e. The van der Waals surface area contributed by atoms with Crippen LogP contribution in [0.4, 0.5) is 0 Å². The summed E-state index contributed by atoms with van der Waals surface area (Å²) in [6, 6.07) is 12.7. The summed E-state index contributed by atoms with van der Waals surface area (Å²) in [4.78, 5) is 11.6. The minimum atomic E-state index is -0.934. The highest BCUT2D eigenvalue weighted by molar-refractivity contribution is 7.99. The van der Waals surface area contributed by atoms with Crippen LogP contribution in [0.5, 0.6) is 0 Å². The molecule has 1 aromatic heterocycles. The van der Waals surface area contributed by atoms with Gasteiger partial charge in [-0.1, -0.05) is 30.0 Å².